The highest BCUT2D eigenvalue weighted by Crippen LogP contribution is 2.30. The quantitative estimate of drug-likeness (QED) is 0.688. The summed E-state index contributed by atoms with van der Waals surface area (Å²) in [7, 11) is 0. The molecule has 25 heavy (non-hydrogen) atoms. The molecule has 0 saturated heterocycles. The number of carbonyl (C=O) groups excluding carboxylic acids is 3. The van der Waals surface area contributed by atoms with Crippen LogP contribution in [0, 0.1) is 5.92 Å². The highest BCUT2D eigenvalue weighted by molar-refractivity contribution is 9.10. The molecule has 128 valence electrons. The summed E-state index contributed by atoms with van der Waals surface area (Å²) in [4.78, 5) is 35.8. The summed E-state index contributed by atoms with van der Waals surface area (Å²) < 4.78 is 0.637. The molecule has 1 aliphatic carbocycles. The first-order chi connectivity index (χ1) is 12.0. The van der Waals surface area contributed by atoms with Crippen LogP contribution in [0.25, 0.3) is 0 Å². The smallest absolute Gasteiger partial charge is 0.270 e. The van der Waals surface area contributed by atoms with Crippen LogP contribution in [0.5, 0.6) is 0 Å². The van der Waals surface area contributed by atoms with E-state index in [1.165, 1.54) is 0 Å². The number of nitrogens with one attached hydrogen (secondary N) is 3. The van der Waals surface area contributed by atoms with Gasteiger partial charge in [0, 0.05) is 21.6 Å². The van der Waals surface area contributed by atoms with Gasteiger partial charge in [0.25, 0.3) is 11.8 Å². The second-order valence-electron chi connectivity index (χ2n) is 5.73. The van der Waals surface area contributed by atoms with Gasteiger partial charge in [0.2, 0.25) is 5.91 Å². The lowest BCUT2D eigenvalue weighted by molar-refractivity contribution is -0.117. The second-order valence-corrected chi connectivity index (χ2v) is 6.58. The Morgan fingerprint density at radius 3 is 2.16 bits per heavy atom. The highest BCUT2D eigenvalue weighted by atomic mass is 79.9. The van der Waals surface area contributed by atoms with Gasteiger partial charge in [-0.15, -0.1) is 0 Å². The van der Waals surface area contributed by atoms with E-state index >= 15 is 0 Å². The van der Waals surface area contributed by atoms with Crippen molar-refractivity contribution < 1.29 is 14.4 Å². The molecule has 7 heteroatoms. The van der Waals surface area contributed by atoms with Crippen molar-refractivity contribution in [2.45, 2.75) is 12.8 Å². The Morgan fingerprint density at radius 2 is 1.52 bits per heavy atom. The predicted molar refractivity (Wildman–Crippen MR) is 96.9 cm³/mol. The average molecular weight is 402 g/mol. The lowest BCUT2D eigenvalue weighted by Gasteiger charge is -2.09. The molecule has 0 radical (unpaired) electrons. The second kappa shape index (κ2) is 7.48. The monoisotopic (exact) mass is 401 g/mol. The Bertz CT molecular complexity index is 817. The van der Waals surface area contributed by atoms with Gasteiger partial charge in [-0.1, -0.05) is 12.1 Å². The first-order valence-corrected chi connectivity index (χ1v) is 8.60. The lowest BCUT2D eigenvalue weighted by Crippen LogP contribution is -2.41. The van der Waals surface area contributed by atoms with E-state index in [9.17, 15) is 14.4 Å². The zero-order chi connectivity index (χ0) is 17.8. The fourth-order valence-electron chi connectivity index (χ4n) is 2.19. The molecule has 0 aliphatic heterocycles. The molecular formula is C18H16BrN3O3. The fraction of sp³-hybridized carbons (Fsp3) is 0.167. The Morgan fingerprint density at radius 1 is 0.880 bits per heavy atom. The molecule has 1 aliphatic rings. The summed E-state index contributed by atoms with van der Waals surface area (Å²) in [5.74, 6) is -0.733. The summed E-state index contributed by atoms with van der Waals surface area (Å²) in [6.45, 7) is 0. The maximum Gasteiger partial charge on any atom is 0.270 e. The van der Waals surface area contributed by atoms with E-state index in [2.05, 4.69) is 32.1 Å². The Balaban J connectivity index is 1.55. The minimum atomic E-state index is -0.444. The standard InChI is InChI=1S/C18H16BrN3O3/c19-15-4-2-1-3-14(15)18(25)22-21-17(24)12-7-9-13(10-8-12)20-16(23)11-5-6-11/h1-4,7-11H,5-6H2,(H,20,23)(H,21,24)(H,22,25). The van der Waals surface area contributed by atoms with Gasteiger partial charge in [0.05, 0.1) is 5.56 Å². The van der Waals surface area contributed by atoms with Crippen molar-refractivity contribution in [3.63, 3.8) is 0 Å². The largest absolute Gasteiger partial charge is 0.326 e. The molecule has 1 fully saturated rings. The molecule has 3 N–H and O–H groups in total. The Kier molecular flexibility index (Phi) is 5.14. The predicted octanol–water partition coefficient (Wildman–Crippen LogP) is 2.87. The van der Waals surface area contributed by atoms with E-state index in [-0.39, 0.29) is 11.8 Å². The van der Waals surface area contributed by atoms with Crippen LogP contribution in [0.2, 0.25) is 0 Å². The molecular weight excluding hydrogens is 386 g/mol. The summed E-state index contributed by atoms with van der Waals surface area (Å²) >= 11 is 3.28. The van der Waals surface area contributed by atoms with Crippen LogP contribution in [0.4, 0.5) is 5.69 Å². The van der Waals surface area contributed by atoms with Crippen LogP contribution in [0.1, 0.15) is 33.6 Å². The normalized spacial score (nSPS) is 13.0. The zero-order valence-corrected chi connectivity index (χ0v) is 14.8. The summed E-state index contributed by atoms with van der Waals surface area (Å²) in [6, 6.07) is 13.4. The van der Waals surface area contributed by atoms with Crippen molar-refractivity contribution in [2.24, 2.45) is 5.92 Å². The molecule has 3 rings (SSSR count). The molecule has 0 unspecified atom stereocenters. The van der Waals surface area contributed by atoms with Crippen LogP contribution >= 0.6 is 15.9 Å². The maximum atomic E-state index is 12.1. The van der Waals surface area contributed by atoms with Crippen molar-refractivity contribution in [3.8, 4) is 0 Å². The van der Waals surface area contributed by atoms with Crippen molar-refractivity contribution in [1.82, 2.24) is 10.9 Å². The molecule has 0 heterocycles. The number of rotatable bonds is 4. The number of anilines is 1. The maximum absolute atomic E-state index is 12.1. The average Bonchev–Trinajstić information content (AvgIpc) is 3.45. The van der Waals surface area contributed by atoms with Crippen molar-refractivity contribution >= 4 is 39.3 Å². The van der Waals surface area contributed by atoms with E-state index in [0.717, 1.165) is 12.8 Å². The minimum absolute atomic E-state index is 0.0119. The van der Waals surface area contributed by atoms with E-state index in [4.69, 9.17) is 0 Å². The van der Waals surface area contributed by atoms with Gasteiger partial charge < -0.3 is 5.32 Å². The molecule has 0 bridgehead atoms. The van der Waals surface area contributed by atoms with Crippen molar-refractivity contribution in [2.75, 3.05) is 5.32 Å². The molecule has 0 spiro atoms. The van der Waals surface area contributed by atoms with E-state index < -0.39 is 11.8 Å². The van der Waals surface area contributed by atoms with E-state index in [0.29, 0.717) is 21.3 Å². The third-order valence-corrected chi connectivity index (χ3v) is 4.46. The number of hydrogen-bond donors (Lipinski definition) is 3. The van der Waals surface area contributed by atoms with Crippen molar-refractivity contribution in [1.29, 1.82) is 0 Å². The Hall–Kier alpha value is -2.67. The first kappa shape index (κ1) is 17.2. The number of hydrazine groups is 1. The summed E-state index contributed by atoms with van der Waals surface area (Å²) in [5, 5.41) is 2.80. The van der Waals surface area contributed by atoms with E-state index in [1.807, 2.05) is 0 Å². The molecule has 0 atom stereocenters. The van der Waals surface area contributed by atoms with Crippen molar-refractivity contribution in [3.05, 3.63) is 64.1 Å². The van der Waals surface area contributed by atoms with Gasteiger partial charge >= 0.3 is 0 Å². The molecule has 2 aromatic carbocycles. The van der Waals surface area contributed by atoms with Gasteiger partial charge in [-0.3, -0.25) is 25.2 Å². The van der Waals surface area contributed by atoms with E-state index in [1.54, 1.807) is 48.5 Å². The van der Waals surface area contributed by atoms with Gasteiger partial charge in [-0.25, -0.2) is 0 Å². The summed E-state index contributed by atoms with van der Waals surface area (Å²) in [6.07, 6.45) is 1.87. The van der Waals surface area contributed by atoms with Gasteiger partial charge in [-0.2, -0.15) is 0 Å². The number of amides is 3. The highest BCUT2D eigenvalue weighted by Gasteiger charge is 2.29. The first-order valence-electron chi connectivity index (χ1n) is 7.81. The molecule has 0 aromatic heterocycles. The summed E-state index contributed by atoms with van der Waals surface area (Å²) in [5.41, 5.74) is 6.17. The third kappa shape index (κ3) is 4.45. The number of halogens is 1. The number of carbonyl (C=O) groups is 3. The SMILES string of the molecule is O=C(NNC(=O)c1ccccc1Br)c1ccc(NC(=O)C2CC2)cc1. The molecule has 3 amide bonds. The molecule has 1 saturated carbocycles. The minimum Gasteiger partial charge on any atom is -0.326 e. The van der Waals surface area contributed by atoms with Gasteiger partial charge in [-0.05, 0) is 65.2 Å². The molecule has 6 nitrogen and oxygen atoms in total. The lowest BCUT2D eigenvalue weighted by atomic mass is 10.2. The molecule has 2 aromatic rings. The van der Waals surface area contributed by atoms with Crippen LogP contribution in [0.3, 0.4) is 0 Å². The third-order valence-electron chi connectivity index (χ3n) is 3.77. The van der Waals surface area contributed by atoms with Crippen LogP contribution < -0.4 is 16.2 Å². The van der Waals surface area contributed by atoms with Crippen LogP contribution in [0.15, 0.2) is 53.0 Å². The zero-order valence-electron chi connectivity index (χ0n) is 13.2. The Labute approximate surface area is 153 Å². The van der Waals surface area contributed by atoms with Crippen LogP contribution in [-0.4, -0.2) is 17.7 Å². The van der Waals surface area contributed by atoms with Crippen LogP contribution in [-0.2, 0) is 4.79 Å². The number of benzene rings is 2. The van der Waals surface area contributed by atoms with Gasteiger partial charge in [0.15, 0.2) is 0 Å². The van der Waals surface area contributed by atoms with Gasteiger partial charge in [0.1, 0.15) is 0 Å². The fourth-order valence-corrected chi connectivity index (χ4v) is 2.66. The topological polar surface area (TPSA) is 87.3 Å². The number of hydrogen-bond acceptors (Lipinski definition) is 3.